The molecule has 1 heterocycles. The van der Waals surface area contributed by atoms with Gasteiger partial charge >= 0.3 is 0 Å². The lowest BCUT2D eigenvalue weighted by Gasteiger charge is -2.15. The SMILES string of the molecule is COc1ccc(/C=N\NC(=O)c2[nH]nc3c2CCc2ccccc2-3)cc1Br. The van der Waals surface area contributed by atoms with Gasteiger partial charge in [-0.2, -0.15) is 10.2 Å². The number of methoxy groups -OCH3 is 1. The summed E-state index contributed by atoms with van der Waals surface area (Å²) >= 11 is 3.43. The number of ether oxygens (including phenoxy) is 1. The van der Waals surface area contributed by atoms with Crippen molar-refractivity contribution in [3.05, 3.63) is 69.3 Å². The number of aromatic amines is 1. The van der Waals surface area contributed by atoms with Crippen LogP contribution in [0.5, 0.6) is 5.75 Å². The summed E-state index contributed by atoms with van der Waals surface area (Å²) in [4.78, 5) is 12.5. The lowest BCUT2D eigenvalue weighted by atomic mass is 9.89. The number of nitrogens with zero attached hydrogens (tertiary/aromatic N) is 2. The molecular formula is C20H17BrN4O2. The number of halogens is 1. The lowest BCUT2D eigenvalue weighted by Crippen LogP contribution is -2.20. The van der Waals surface area contributed by atoms with Gasteiger partial charge in [-0.25, -0.2) is 5.43 Å². The average Bonchev–Trinajstić information content (AvgIpc) is 3.13. The van der Waals surface area contributed by atoms with E-state index in [0.717, 1.165) is 45.4 Å². The lowest BCUT2D eigenvalue weighted by molar-refractivity contribution is 0.0949. The number of rotatable bonds is 4. The van der Waals surface area contributed by atoms with Crippen molar-refractivity contribution in [3.8, 4) is 17.0 Å². The number of hydrazone groups is 1. The molecule has 4 rings (SSSR count). The average molecular weight is 425 g/mol. The number of fused-ring (bicyclic) bond motifs is 3. The summed E-state index contributed by atoms with van der Waals surface area (Å²) in [5.41, 5.74) is 8.00. The maximum Gasteiger partial charge on any atom is 0.289 e. The Kier molecular flexibility index (Phi) is 4.77. The highest BCUT2D eigenvalue weighted by molar-refractivity contribution is 9.10. The van der Waals surface area contributed by atoms with E-state index in [9.17, 15) is 4.79 Å². The zero-order chi connectivity index (χ0) is 18.8. The van der Waals surface area contributed by atoms with E-state index in [1.54, 1.807) is 13.3 Å². The van der Waals surface area contributed by atoms with E-state index in [1.807, 2.05) is 36.4 Å². The van der Waals surface area contributed by atoms with Crippen LogP contribution in [-0.4, -0.2) is 29.4 Å². The number of benzene rings is 2. The second-order valence-corrected chi connectivity index (χ2v) is 7.03. The number of hydrogen-bond acceptors (Lipinski definition) is 4. The zero-order valence-electron chi connectivity index (χ0n) is 14.6. The second kappa shape index (κ2) is 7.36. The highest BCUT2D eigenvalue weighted by atomic mass is 79.9. The molecule has 2 N–H and O–H groups in total. The number of aromatic nitrogens is 2. The van der Waals surface area contributed by atoms with E-state index in [1.165, 1.54) is 5.56 Å². The Morgan fingerprint density at radius 1 is 1.30 bits per heavy atom. The summed E-state index contributed by atoms with van der Waals surface area (Å²) in [6.07, 6.45) is 3.26. The summed E-state index contributed by atoms with van der Waals surface area (Å²) in [5, 5.41) is 11.3. The third kappa shape index (κ3) is 3.38. The second-order valence-electron chi connectivity index (χ2n) is 6.18. The van der Waals surface area contributed by atoms with Crippen molar-refractivity contribution in [2.75, 3.05) is 7.11 Å². The Bertz CT molecular complexity index is 1040. The van der Waals surface area contributed by atoms with Gasteiger partial charge < -0.3 is 4.74 Å². The summed E-state index contributed by atoms with van der Waals surface area (Å²) in [6.45, 7) is 0. The van der Waals surface area contributed by atoms with Gasteiger partial charge in [0.05, 0.1) is 23.5 Å². The molecule has 1 aromatic heterocycles. The molecule has 0 bridgehead atoms. The van der Waals surface area contributed by atoms with Crippen molar-refractivity contribution >= 4 is 28.1 Å². The fourth-order valence-corrected chi connectivity index (χ4v) is 3.79. The Morgan fingerprint density at radius 3 is 2.96 bits per heavy atom. The fourth-order valence-electron chi connectivity index (χ4n) is 3.23. The molecule has 0 radical (unpaired) electrons. The van der Waals surface area contributed by atoms with Crippen LogP contribution < -0.4 is 10.2 Å². The van der Waals surface area contributed by atoms with Crippen LogP contribution in [0.15, 0.2) is 52.0 Å². The first-order valence-electron chi connectivity index (χ1n) is 8.50. The summed E-state index contributed by atoms with van der Waals surface area (Å²) in [6, 6.07) is 13.7. The Balaban J connectivity index is 1.50. The number of hydrogen-bond donors (Lipinski definition) is 2. The predicted molar refractivity (Wildman–Crippen MR) is 107 cm³/mol. The molecule has 0 atom stereocenters. The van der Waals surface area contributed by atoms with Crippen LogP contribution in [0.3, 0.4) is 0 Å². The molecule has 0 fully saturated rings. The first-order valence-corrected chi connectivity index (χ1v) is 9.29. The van der Waals surface area contributed by atoms with E-state index in [2.05, 4.69) is 42.7 Å². The zero-order valence-corrected chi connectivity index (χ0v) is 16.2. The third-order valence-corrected chi connectivity index (χ3v) is 5.19. The normalized spacial score (nSPS) is 12.5. The third-order valence-electron chi connectivity index (χ3n) is 4.57. The first kappa shape index (κ1) is 17.5. The van der Waals surface area contributed by atoms with Crippen molar-refractivity contribution in [2.24, 2.45) is 5.10 Å². The quantitative estimate of drug-likeness (QED) is 0.494. The van der Waals surface area contributed by atoms with Crippen LogP contribution in [0.25, 0.3) is 11.3 Å². The minimum Gasteiger partial charge on any atom is -0.496 e. The van der Waals surface area contributed by atoms with E-state index in [0.29, 0.717) is 5.69 Å². The van der Waals surface area contributed by atoms with E-state index < -0.39 is 0 Å². The molecule has 0 saturated heterocycles. The first-order chi connectivity index (χ1) is 13.2. The van der Waals surface area contributed by atoms with E-state index in [-0.39, 0.29) is 5.91 Å². The van der Waals surface area contributed by atoms with Gasteiger partial charge in [-0.05, 0) is 58.1 Å². The van der Waals surface area contributed by atoms with Crippen molar-refractivity contribution < 1.29 is 9.53 Å². The highest BCUT2D eigenvalue weighted by Gasteiger charge is 2.24. The summed E-state index contributed by atoms with van der Waals surface area (Å²) in [5.74, 6) is 0.438. The standard InChI is InChI=1S/C20H17BrN4O2/c1-27-17-9-6-12(10-16(17)21)11-22-25-20(26)19-15-8-7-13-4-2-3-5-14(13)18(15)23-24-19/h2-6,9-11H,7-8H2,1H3,(H,23,24)(H,25,26)/b22-11-. The molecule has 0 saturated carbocycles. The van der Waals surface area contributed by atoms with E-state index in [4.69, 9.17) is 4.74 Å². The minimum atomic E-state index is -0.299. The van der Waals surface area contributed by atoms with Crippen molar-refractivity contribution in [1.29, 1.82) is 0 Å². The van der Waals surface area contributed by atoms with Crippen LogP contribution in [-0.2, 0) is 12.8 Å². The van der Waals surface area contributed by atoms with Gasteiger partial charge in [-0.1, -0.05) is 24.3 Å². The number of carbonyl (C=O) groups is 1. The molecule has 3 aromatic rings. The highest BCUT2D eigenvalue weighted by Crippen LogP contribution is 2.33. The maximum atomic E-state index is 12.5. The van der Waals surface area contributed by atoms with Gasteiger partial charge in [0, 0.05) is 11.1 Å². The molecule has 1 aliphatic rings. The van der Waals surface area contributed by atoms with Crippen LogP contribution in [0.4, 0.5) is 0 Å². The van der Waals surface area contributed by atoms with E-state index >= 15 is 0 Å². The Hall–Kier alpha value is -2.93. The largest absolute Gasteiger partial charge is 0.496 e. The molecule has 0 spiro atoms. The van der Waals surface area contributed by atoms with Gasteiger partial charge in [0.2, 0.25) is 0 Å². The van der Waals surface area contributed by atoms with Gasteiger partial charge in [-0.3, -0.25) is 9.89 Å². The molecule has 1 amide bonds. The van der Waals surface area contributed by atoms with Crippen molar-refractivity contribution in [3.63, 3.8) is 0 Å². The molecule has 136 valence electrons. The van der Waals surface area contributed by atoms with Crippen LogP contribution in [0.2, 0.25) is 0 Å². The molecule has 2 aromatic carbocycles. The van der Waals surface area contributed by atoms with Crippen LogP contribution in [0.1, 0.15) is 27.2 Å². The van der Waals surface area contributed by atoms with Crippen LogP contribution >= 0.6 is 15.9 Å². The van der Waals surface area contributed by atoms with Gasteiger partial charge in [0.25, 0.3) is 5.91 Å². The number of H-pyrrole nitrogens is 1. The number of carbonyl (C=O) groups excluding carboxylic acids is 1. The Labute approximate surface area is 164 Å². The topological polar surface area (TPSA) is 79.4 Å². The van der Waals surface area contributed by atoms with Gasteiger partial charge in [0.15, 0.2) is 0 Å². The number of nitrogens with one attached hydrogen (secondary N) is 2. The summed E-state index contributed by atoms with van der Waals surface area (Å²) in [7, 11) is 1.61. The summed E-state index contributed by atoms with van der Waals surface area (Å²) < 4.78 is 6.02. The molecule has 27 heavy (non-hydrogen) atoms. The number of amides is 1. The number of aryl methyl sites for hydroxylation is 1. The molecule has 6 nitrogen and oxygen atoms in total. The molecule has 0 unspecified atom stereocenters. The van der Waals surface area contributed by atoms with Crippen molar-refractivity contribution in [1.82, 2.24) is 15.6 Å². The van der Waals surface area contributed by atoms with Gasteiger partial charge in [-0.15, -0.1) is 0 Å². The smallest absolute Gasteiger partial charge is 0.289 e. The monoisotopic (exact) mass is 424 g/mol. The predicted octanol–water partition coefficient (Wildman–Crippen LogP) is 3.71. The van der Waals surface area contributed by atoms with Crippen molar-refractivity contribution in [2.45, 2.75) is 12.8 Å². The Morgan fingerprint density at radius 2 is 2.15 bits per heavy atom. The maximum absolute atomic E-state index is 12.5. The molecule has 7 heteroatoms. The van der Waals surface area contributed by atoms with Crippen LogP contribution in [0, 0.1) is 0 Å². The molecule has 0 aliphatic heterocycles. The fraction of sp³-hybridized carbons (Fsp3) is 0.150. The molecular weight excluding hydrogens is 408 g/mol. The molecule has 1 aliphatic carbocycles. The van der Waals surface area contributed by atoms with Gasteiger partial charge in [0.1, 0.15) is 11.4 Å². The minimum absolute atomic E-state index is 0.299.